The minimum Gasteiger partial charge on any atom is -0.352 e. The minimum absolute atomic E-state index is 0.0355. The predicted octanol–water partition coefficient (Wildman–Crippen LogP) is 5.19. The van der Waals surface area contributed by atoms with Gasteiger partial charge in [0.1, 0.15) is 5.82 Å². The number of aryl methyl sites for hydroxylation is 1. The average Bonchev–Trinajstić information content (AvgIpc) is 3.30. The lowest BCUT2D eigenvalue weighted by atomic mass is 9.90. The van der Waals surface area contributed by atoms with Gasteiger partial charge in [0, 0.05) is 29.8 Å². The van der Waals surface area contributed by atoms with E-state index in [1.165, 1.54) is 49.1 Å². The molecule has 6 heteroatoms. The van der Waals surface area contributed by atoms with Crippen molar-refractivity contribution in [1.82, 2.24) is 24.8 Å². The number of aromatic nitrogens is 3. The van der Waals surface area contributed by atoms with E-state index in [4.69, 9.17) is 17.2 Å². The van der Waals surface area contributed by atoms with Crippen LogP contribution in [0, 0.1) is 13.8 Å². The first-order chi connectivity index (χ1) is 15.1. The molecule has 0 spiro atoms. The van der Waals surface area contributed by atoms with Crippen molar-refractivity contribution < 1.29 is 0 Å². The summed E-state index contributed by atoms with van der Waals surface area (Å²) in [5.41, 5.74) is 4.74. The van der Waals surface area contributed by atoms with Gasteiger partial charge in [-0.3, -0.25) is 4.98 Å². The number of rotatable bonds is 4. The molecule has 0 bridgehead atoms. The second-order valence-electron chi connectivity index (χ2n) is 8.68. The Labute approximate surface area is 189 Å². The molecule has 160 valence electrons. The summed E-state index contributed by atoms with van der Waals surface area (Å²) in [6.45, 7) is 4.36. The van der Waals surface area contributed by atoms with E-state index in [1.807, 2.05) is 30.6 Å². The molecule has 4 heterocycles. The molecule has 1 saturated carbocycles. The highest BCUT2D eigenvalue weighted by Crippen LogP contribution is 2.44. The minimum atomic E-state index is 0.0355. The van der Waals surface area contributed by atoms with Crippen LogP contribution in [-0.2, 0) is 0 Å². The molecule has 31 heavy (non-hydrogen) atoms. The third-order valence-corrected chi connectivity index (χ3v) is 7.10. The van der Waals surface area contributed by atoms with E-state index in [0.29, 0.717) is 6.04 Å². The van der Waals surface area contributed by atoms with E-state index in [1.54, 1.807) is 0 Å². The number of pyridine rings is 2. The Balaban J connectivity index is 1.62. The molecule has 0 amide bonds. The highest BCUT2D eigenvalue weighted by Gasteiger charge is 2.44. The summed E-state index contributed by atoms with van der Waals surface area (Å²) in [6, 6.07) is 15.1. The Morgan fingerprint density at radius 2 is 1.71 bits per heavy atom. The highest BCUT2D eigenvalue weighted by atomic mass is 32.1. The summed E-state index contributed by atoms with van der Waals surface area (Å²) in [6.07, 6.45) is 10.0. The van der Waals surface area contributed by atoms with E-state index < -0.39 is 0 Å². The van der Waals surface area contributed by atoms with Gasteiger partial charge in [-0.2, -0.15) is 0 Å². The van der Waals surface area contributed by atoms with Crippen LogP contribution in [0.4, 0.5) is 0 Å². The maximum atomic E-state index is 5.92. The van der Waals surface area contributed by atoms with Crippen molar-refractivity contribution in [1.29, 1.82) is 0 Å². The van der Waals surface area contributed by atoms with Crippen LogP contribution in [0.25, 0.3) is 5.82 Å². The molecule has 5 rings (SSSR count). The zero-order chi connectivity index (χ0) is 21.4. The van der Waals surface area contributed by atoms with Gasteiger partial charge in [-0.05, 0) is 74.8 Å². The number of nitrogens with zero attached hydrogens (tertiary/aromatic N) is 4. The van der Waals surface area contributed by atoms with Crippen molar-refractivity contribution in [3.05, 3.63) is 77.5 Å². The molecular weight excluding hydrogens is 402 g/mol. The van der Waals surface area contributed by atoms with Gasteiger partial charge in [-0.15, -0.1) is 0 Å². The zero-order valence-electron chi connectivity index (χ0n) is 18.2. The molecule has 2 aliphatic rings. The first-order valence-electron chi connectivity index (χ1n) is 11.2. The molecule has 1 aliphatic heterocycles. The molecule has 1 saturated heterocycles. The van der Waals surface area contributed by atoms with Crippen molar-refractivity contribution in [2.75, 3.05) is 0 Å². The van der Waals surface area contributed by atoms with E-state index in [-0.39, 0.29) is 12.1 Å². The summed E-state index contributed by atoms with van der Waals surface area (Å²) in [7, 11) is 0. The van der Waals surface area contributed by atoms with E-state index >= 15 is 0 Å². The van der Waals surface area contributed by atoms with E-state index in [0.717, 1.165) is 16.6 Å². The fourth-order valence-electron chi connectivity index (χ4n) is 5.38. The zero-order valence-corrected chi connectivity index (χ0v) is 19.0. The SMILES string of the molecule is Cc1cc([C@H]2[C@H](c3ccccn3)NC(=S)N2C2CCCCC2)c(C)n1-c1ccccn1. The number of hydrogen-bond acceptors (Lipinski definition) is 3. The van der Waals surface area contributed by atoms with Crippen LogP contribution in [0.3, 0.4) is 0 Å². The summed E-state index contributed by atoms with van der Waals surface area (Å²) >= 11 is 5.92. The van der Waals surface area contributed by atoms with Gasteiger partial charge in [-0.1, -0.05) is 31.4 Å². The summed E-state index contributed by atoms with van der Waals surface area (Å²) in [5, 5.41) is 4.49. The van der Waals surface area contributed by atoms with Gasteiger partial charge in [0.2, 0.25) is 0 Å². The van der Waals surface area contributed by atoms with Crippen LogP contribution < -0.4 is 5.32 Å². The standard InChI is InChI=1S/C25H29N5S/c1-17-16-20(18(2)29(17)22-13-7-9-15-27-22)24-23(21-12-6-8-14-26-21)28-25(31)30(24)19-10-4-3-5-11-19/h6-9,12-16,19,23-24H,3-5,10-11H2,1-2H3,(H,28,31)/t23-,24-/m0/s1. The predicted molar refractivity (Wildman–Crippen MR) is 127 cm³/mol. The van der Waals surface area contributed by atoms with Crippen molar-refractivity contribution in [3.63, 3.8) is 0 Å². The Hall–Kier alpha value is -2.73. The molecule has 3 aromatic rings. The van der Waals surface area contributed by atoms with Crippen molar-refractivity contribution in [3.8, 4) is 5.82 Å². The first kappa shape index (κ1) is 20.2. The first-order valence-corrected chi connectivity index (χ1v) is 11.7. The van der Waals surface area contributed by atoms with Gasteiger partial charge in [-0.25, -0.2) is 4.98 Å². The van der Waals surface area contributed by atoms with Crippen LogP contribution in [0.5, 0.6) is 0 Å². The largest absolute Gasteiger partial charge is 0.352 e. The number of nitrogens with one attached hydrogen (secondary N) is 1. The second kappa shape index (κ2) is 8.42. The van der Waals surface area contributed by atoms with Crippen molar-refractivity contribution in [2.24, 2.45) is 0 Å². The molecule has 0 aromatic carbocycles. The third-order valence-electron chi connectivity index (χ3n) is 6.77. The normalized spacial score (nSPS) is 22.0. The van der Waals surface area contributed by atoms with Gasteiger partial charge in [0.05, 0.1) is 17.8 Å². The number of thiocarbonyl (C=S) groups is 1. The molecule has 2 fully saturated rings. The van der Waals surface area contributed by atoms with Crippen molar-refractivity contribution >= 4 is 17.3 Å². The molecule has 1 aliphatic carbocycles. The van der Waals surface area contributed by atoms with E-state index in [2.05, 4.69) is 57.9 Å². The lowest BCUT2D eigenvalue weighted by Crippen LogP contribution is -2.40. The maximum Gasteiger partial charge on any atom is 0.170 e. The van der Waals surface area contributed by atoms with Gasteiger partial charge < -0.3 is 14.8 Å². The van der Waals surface area contributed by atoms with Crippen molar-refractivity contribution in [2.45, 2.75) is 64.1 Å². The third kappa shape index (κ3) is 3.63. The fraction of sp³-hybridized carbons (Fsp3) is 0.400. The quantitative estimate of drug-likeness (QED) is 0.576. The Morgan fingerprint density at radius 3 is 2.39 bits per heavy atom. The highest BCUT2D eigenvalue weighted by molar-refractivity contribution is 7.80. The second-order valence-corrected chi connectivity index (χ2v) is 9.06. The molecule has 2 atom stereocenters. The molecule has 0 radical (unpaired) electrons. The lowest BCUT2D eigenvalue weighted by molar-refractivity contribution is 0.197. The van der Waals surface area contributed by atoms with Crippen LogP contribution in [0.2, 0.25) is 0 Å². The Kier molecular flexibility index (Phi) is 5.48. The molecule has 3 aromatic heterocycles. The van der Waals surface area contributed by atoms with Crippen LogP contribution in [0.1, 0.15) is 66.8 Å². The summed E-state index contributed by atoms with van der Waals surface area (Å²) < 4.78 is 2.26. The monoisotopic (exact) mass is 431 g/mol. The molecular formula is C25H29N5S. The molecule has 0 unspecified atom stereocenters. The lowest BCUT2D eigenvalue weighted by Gasteiger charge is -2.37. The Morgan fingerprint density at radius 1 is 0.968 bits per heavy atom. The van der Waals surface area contributed by atoms with Gasteiger partial charge in [0.15, 0.2) is 5.11 Å². The summed E-state index contributed by atoms with van der Waals surface area (Å²) in [5.74, 6) is 0.955. The number of hydrogen-bond donors (Lipinski definition) is 1. The van der Waals surface area contributed by atoms with Gasteiger partial charge in [0.25, 0.3) is 0 Å². The van der Waals surface area contributed by atoms with Crippen LogP contribution in [-0.4, -0.2) is 30.6 Å². The van der Waals surface area contributed by atoms with Crippen LogP contribution >= 0.6 is 12.2 Å². The van der Waals surface area contributed by atoms with E-state index in [9.17, 15) is 0 Å². The average molecular weight is 432 g/mol. The van der Waals surface area contributed by atoms with Gasteiger partial charge >= 0.3 is 0 Å². The molecule has 5 nitrogen and oxygen atoms in total. The summed E-state index contributed by atoms with van der Waals surface area (Å²) in [4.78, 5) is 11.8. The molecule has 1 N–H and O–H groups in total. The van der Waals surface area contributed by atoms with Crippen LogP contribution in [0.15, 0.2) is 54.9 Å². The fourth-order valence-corrected chi connectivity index (χ4v) is 5.77. The topological polar surface area (TPSA) is 46.0 Å². The Bertz CT molecular complexity index is 1060. The maximum absolute atomic E-state index is 5.92. The smallest absolute Gasteiger partial charge is 0.170 e.